The van der Waals surface area contributed by atoms with Gasteiger partial charge < -0.3 is 15.5 Å². The number of piperazine rings is 1. The summed E-state index contributed by atoms with van der Waals surface area (Å²) >= 11 is 0. The molecule has 1 unspecified atom stereocenters. The predicted octanol–water partition coefficient (Wildman–Crippen LogP) is 1.43. The minimum atomic E-state index is 0.176. The molecule has 1 aliphatic heterocycles. The van der Waals surface area contributed by atoms with E-state index in [-0.39, 0.29) is 5.91 Å². The molecule has 1 amide bonds. The number of guanidine groups is 1. The van der Waals surface area contributed by atoms with Crippen LogP contribution in [0.25, 0.3) is 0 Å². The first kappa shape index (κ1) is 20.2. The summed E-state index contributed by atoms with van der Waals surface area (Å²) in [5, 5.41) is 6.80. The van der Waals surface area contributed by atoms with Crippen molar-refractivity contribution in [3.63, 3.8) is 0 Å². The number of nitrogens with one attached hydrogen (secondary N) is 2. The topological polar surface area (TPSA) is 60.0 Å². The average Bonchev–Trinajstić information content (AvgIpc) is 2.64. The number of benzene rings is 1. The van der Waals surface area contributed by atoms with Gasteiger partial charge in [0.15, 0.2) is 5.96 Å². The molecule has 1 heterocycles. The number of carbonyl (C=O) groups excluding carboxylic acids is 1. The van der Waals surface area contributed by atoms with Crippen LogP contribution in [0.15, 0.2) is 29.3 Å². The van der Waals surface area contributed by atoms with Gasteiger partial charge in [-0.05, 0) is 18.4 Å². The van der Waals surface area contributed by atoms with Crippen molar-refractivity contribution in [3.8, 4) is 0 Å². The Balaban J connectivity index is 1.67. The molecule has 0 bridgehead atoms. The maximum atomic E-state index is 11.4. The summed E-state index contributed by atoms with van der Waals surface area (Å²) < 4.78 is 0. The Kier molecular flexibility index (Phi) is 7.91. The lowest BCUT2D eigenvalue weighted by atomic mass is 9.99. The number of hydrogen-bond donors (Lipinski definition) is 2. The first-order chi connectivity index (χ1) is 12.5. The van der Waals surface area contributed by atoms with Crippen LogP contribution in [0, 0.1) is 6.92 Å². The molecule has 0 radical (unpaired) electrons. The molecule has 0 spiro atoms. The molecule has 1 atom stereocenters. The largest absolute Gasteiger partial charge is 0.356 e. The fourth-order valence-electron chi connectivity index (χ4n) is 3.18. The number of carbonyl (C=O) groups is 1. The van der Waals surface area contributed by atoms with Crippen molar-refractivity contribution in [2.24, 2.45) is 4.99 Å². The van der Waals surface area contributed by atoms with Gasteiger partial charge in [-0.1, -0.05) is 36.8 Å². The highest BCUT2D eigenvalue weighted by Crippen LogP contribution is 2.15. The van der Waals surface area contributed by atoms with Gasteiger partial charge in [-0.2, -0.15) is 0 Å². The summed E-state index contributed by atoms with van der Waals surface area (Å²) in [6.07, 6.45) is 0. The van der Waals surface area contributed by atoms with E-state index in [1.54, 1.807) is 14.0 Å². The van der Waals surface area contributed by atoms with Crippen LogP contribution in [0.3, 0.4) is 0 Å². The summed E-state index contributed by atoms with van der Waals surface area (Å²) in [6, 6.07) is 8.65. The number of hydrogen-bond acceptors (Lipinski definition) is 3. The molecule has 1 saturated heterocycles. The first-order valence-electron chi connectivity index (χ1n) is 9.48. The Morgan fingerprint density at radius 3 is 2.58 bits per heavy atom. The first-order valence-corrected chi connectivity index (χ1v) is 9.48. The molecule has 0 aliphatic carbocycles. The lowest BCUT2D eigenvalue weighted by Gasteiger charge is -2.34. The smallest absolute Gasteiger partial charge is 0.219 e. The quantitative estimate of drug-likeness (QED) is 0.596. The van der Waals surface area contributed by atoms with Crippen LogP contribution < -0.4 is 10.6 Å². The minimum absolute atomic E-state index is 0.176. The predicted molar refractivity (Wildman–Crippen MR) is 108 cm³/mol. The molecule has 1 aromatic carbocycles. The minimum Gasteiger partial charge on any atom is -0.356 e. The SMILES string of the molecule is CN=C(NCCN1CCN(C(C)=O)CC1)NCC(C)c1cccc(C)c1. The Morgan fingerprint density at radius 2 is 1.96 bits per heavy atom. The molecule has 0 saturated carbocycles. The normalized spacial score (nSPS) is 17.1. The molecule has 144 valence electrons. The molecule has 2 rings (SSSR count). The Bertz CT molecular complexity index is 608. The van der Waals surface area contributed by atoms with E-state index >= 15 is 0 Å². The number of aryl methyl sites for hydroxylation is 1. The molecule has 1 fully saturated rings. The van der Waals surface area contributed by atoms with Crippen LogP contribution in [0.4, 0.5) is 0 Å². The number of rotatable bonds is 6. The van der Waals surface area contributed by atoms with Crippen LogP contribution in [-0.4, -0.2) is 74.5 Å². The molecular formula is C20H33N5O. The van der Waals surface area contributed by atoms with Crippen LogP contribution in [-0.2, 0) is 4.79 Å². The van der Waals surface area contributed by atoms with E-state index in [2.05, 4.69) is 58.6 Å². The van der Waals surface area contributed by atoms with Crippen molar-refractivity contribution < 1.29 is 4.79 Å². The van der Waals surface area contributed by atoms with Gasteiger partial charge in [-0.3, -0.25) is 14.7 Å². The molecule has 1 aliphatic rings. The van der Waals surface area contributed by atoms with E-state index in [9.17, 15) is 4.79 Å². The molecule has 6 nitrogen and oxygen atoms in total. The molecule has 26 heavy (non-hydrogen) atoms. The van der Waals surface area contributed by atoms with Crippen molar-refractivity contribution in [2.75, 3.05) is 52.9 Å². The van der Waals surface area contributed by atoms with E-state index in [0.29, 0.717) is 5.92 Å². The van der Waals surface area contributed by atoms with Crippen LogP contribution in [0.2, 0.25) is 0 Å². The van der Waals surface area contributed by atoms with Gasteiger partial charge >= 0.3 is 0 Å². The average molecular weight is 360 g/mol. The van der Waals surface area contributed by atoms with E-state index in [1.807, 2.05) is 4.90 Å². The van der Waals surface area contributed by atoms with E-state index < -0.39 is 0 Å². The number of aliphatic imine (C=N–C) groups is 1. The van der Waals surface area contributed by atoms with Gasteiger partial charge in [0, 0.05) is 59.8 Å². The number of nitrogens with zero attached hydrogens (tertiary/aromatic N) is 3. The fourth-order valence-corrected chi connectivity index (χ4v) is 3.18. The Labute approximate surface area is 157 Å². The maximum Gasteiger partial charge on any atom is 0.219 e. The Hall–Kier alpha value is -2.08. The van der Waals surface area contributed by atoms with Gasteiger partial charge in [0.1, 0.15) is 0 Å². The van der Waals surface area contributed by atoms with Crippen LogP contribution >= 0.6 is 0 Å². The highest BCUT2D eigenvalue weighted by atomic mass is 16.2. The summed E-state index contributed by atoms with van der Waals surface area (Å²) in [4.78, 5) is 20.0. The lowest BCUT2D eigenvalue weighted by Crippen LogP contribution is -2.50. The highest BCUT2D eigenvalue weighted by molar-refractivity contribution is 5.79. The van der Waals surface area contributed by atoms with Crippen molar-refractivity contribution in [3.05, 3.63) is 35.4 Å². The van der Waals surface area contributed by atoms with Gasteiger partial charge in [-0.25, -0.2) is 0 Å². The Morgan fingerprint density at radius 1 is 1.23 bits per heavy atom. The van der Waals surface area contributed by atoms with Crippen LogP contribution in [0.1, 0.15) is 30.9 Å². The van der Waals surface area contributed by atoms with Gasteiger partial charge in [0.2, 0.25) is 5.91 Å². The van der Waals surface area contributed by atoms with Crippen molar-refractivity contribution >= 4 is 11.9 Å². The number of amides is 1. The highest BCUT2D eigenvalue weighted by Gasteiger charge is 2.18. The zero-order chi connectivity index (χ0) is 18.9. The summed E-state index contributed by atoms with van der Waals surface area (Å²) in [5.74, 6) is 1.44. The van der Waals surface area contributed by atoms with Crippen molar-refractivity contribution in [1.82, 2.24) is 20.4 Å². The zero-order valence-electron chi connectivity index (χ0n) is 16.6. The van der Waals surface area contributed by atoms with Crippen molar-refractivity contribution in [1.29, 1.82) is 0 Å². The second-order valence-electron chi connectivity index (χ2n) is 7.04. The second-order valence-corrected chi connectivity index (χ2v) is 7.04. The standard InChI is InChI=1S/C20H33N5O/c1-16-6-5-7-19(14-16)17(2)15-23-20(21-4)22-8-9-24-10-12-25(13-11-24)18(3)26/h5-7,14,17H,8-13,15H2,1-4H3,(H2,21,22,23). The van der Waals surface area contributed by atoms with Gasteiger partial charge in [0.05, 0.1) is 0 Å². The fraction of sp³-hybridized carbons (Fsp3) is 0.600. The van der Waals surface area contributed by atoms with Gasteiger partial charge in [-0.15, -0.1) is 0 Å². The molecule has 2 N–H and O–H groups in total. The van der Waals surface area contributed by atoms with Crippen LogP contribution in [0.5, 0.6) is 0 Å². The van der Waals surface area contributed by atoms with Gasteiger partial charge in [0.25, 0.3) is 0 Å². The summed E-state index contributed by atoms with van der Waals surface area (Å²) in [7, 11) is 1.80. The summed E-state index contributed by atoms with van der Waals surface area (Å²) in [5.41, 5.74) is 2.64. The monoisotopic (exact) mass is 359 g/mol. The van der Waals surface area contributed by atoms with E-state index in [4.69, 9.17) is 0 Å². The molecule has 0 aromatic heterocycles. The van der Waals surface area contributed by atoms with E-state index in [0.717, 1.165) is 51.8 Å². The third-order valence-electron chi connectivity index (χ3n) is 4.95. The lowest BCUT2D eigenvalue weighted by molar-refractivity contribution is -0.130. The molecule has 6 heteroatoms. The third kappa shape index (κ3) is 6.33. The van der Waals surface area contributed by atoms with Crippen molar-refractivity contribution in [2.45, 2.75) is 26.7 Å². The third-order valence-corrected chi connectivity index (χ3v) is 4.95. The van der Waals surface area contributed by atoms with E-state index in [1.165, 1.54) is 11.1 Å². The molecule has 1 aromatic rings. The summed E-state index contributed by atoms with van der Waals surface area (Å²) in [6.45, 7) is 12.2. The zero-order valence-corrected chi connectivity index (χ0v) is 16.6. The maximum absolute atomic E-state index is 11.4. The molecular weight excluding hydrogens is 326 g/mol. The second kappa shape index (κ2) is 10.2.